The van der Waals surface area contributed by atoms with Crippen molar-refractivity contribution in [3.8, 4) is 0 Å². The minimum absolute atomic E-state index is 0.0700. The van der Waals surface area contributed by atoms with Gasteiger partial charge in [-0.1, -0.05) is 12.8 Å². The number of ether oxygens (including phenoxy) is 2. The highest BCUT2D eigenvalue weighted by Gasteiger charge is 2.49. The Kier molecular flexibility index (Phi) is 4.55. The largest absolute Gasteiger partial charge is 0.378 e. The van der Waals surface area contributed by atoms with E-state index in [0.717, 1.165) is 32.0 Å². The third-order valence-electron chi connectivity index (χ3n) is 5.66. The first-order chi connectivity index (χ1) is 11.7. The van der Waals surface area contributed by atoms with Crippen LogP contribution in [0.25, 0.3) is 0 Å². The molecular formula is C19H26N2O3. The summed E-state index contributed by atoms with van der Waals surface area (Å²) in [6, 6.07) is 3.53. The van der Waals surface area contributed by atoms with E-state index in [-0.39, 0.29) is 17.6 Å². The van der Waals surface area contributed by atoms with Crippen LogP contribution in [0.2, 0.25) is 0 Å². The topological polar surface area (TPSA) is 51.7 Å². The second kappa shape index (κ2) is 6.81. The van der Waals surface area contributed by atoms with Crippen LogP contribution in [0.15, 0.2) is 24.5 Å². The molecule has 1 atom stereocenters. The van der Waals surface area contributed by atoms with Crippen LogP contribution in [0.4, 0.5) is 0 Å². The molecule has 4 rings (SSSR count). The Morgan fingerprint density at radius 1 is 1.25 bits per heavy atom. The summed E-state index contributed by atoms with van der Waals surface area (Å²) in [7, 11) is 0. The molecule has 1 aromatic rings. The molecule has 0 radical (unpaired) electrons. The summed E-state index contributed by atoms with van der Waals surface area (Å²) in [4.78, 5) is 18.3. The Balaban J connectivity index is 1.28. The smallest absolute Gasteiger partial charge is 0.254 e. The molecule has 1 aromatic heterocycles. The van der Waals surface area contributed by atoms with Crippen molar-refractivity contribution in [3.63, 3.8) is 0 Å². The zero-order chi connectivity index (χ0) is 16.4. The van der Waals surface area contributed by atoms with E-state index in [9.17, 15) is 4.79 Å². The summed E-state index contributed by atoms with van der Waals surface area (Å²) >= 11 is 0. The fourth-order valence-electron chi connectivity index (χ4n) is 4.26. The second-order valence-corrected chi connectivity index (χ2v) is 7.53. The molecule has 5 heteroatoms. The second-order valence-electron chi connectivity index (χ2n) is 7.53. The first kappa shape index (κ1) is 16.0. The van der Waals surface area contributed by atoms with Crippen molar-refractivity contribution in [1.82, 2.24) is 9.88 Å². The zero-order valence-corrected chi connectivity index (χ0v) is 14.2. The Hall–Kier alpha value is -1.46. The number of amides is 1. The predicted molar refractivity (Wildman–Crippen MR) is 89.8 cm³/mol. The Labute approximate surface area is 143 Å². The highest BCUT2D eigenvalue weighted by Crippen LogP contribution is 2.36. The van der Waals surface area contributed by atoms with Gasteiger partial charge in [-0.2, -0.15) is 0 Å². The molecule has 24 heavy (non-hydrogen) atoms. The first-order valence-corrected chi connectivity index (χ1v) is 9.19. The van der Waals surface area contributed by atoms with Gasteiger partial charge in [-0.3, -0.25) is 9.78 Å². The summed E-state index contributed by atoms with van der Waals surface area (Å²) in [6.07, 6.45) is 10.9. The first-order valence-electron chi connectivity index (χ1n) is 9.19. The van der Waals surface area contributed by atoms with Crippen LogP contribution in [-0.2, 0) is 9.47 Å². The maximum Gasteiger partial charge on any atom is 0.254 e. The van der Waals surface area contributed by atoms with Crippen LogP contribution < -0.4 is 0 Å². The number of likely N-dealkylation sites (tertiary alicyclic amines) is 1. The monoisotopic (exact) mass is 330 g/mol. The van der Waals surface area contributed by atoms with Gasteiger partial charge in [0, 0.05) is 37.6 Å². The minimum atomic E-state index is -0.179. The lowest BCUT2D eigenvalue weighted by Gasteiger charge is -2.53. The average molecular weight is 330 g/mol. The van der Waals surface area contributed by atoms with Gasteiger partial charge in [0.1, 0.15) is 5.60 Å². The molecule has 2 saturated heterocycles. The summed E-state index contributed by atoms with van der Waals surface area (Å²) in [5.74, 6) is 0.829. The molecule has 3 fully saturated rings. The molecule has 0 bridgehead atoms. The molecule has 1 spiro atoms. The van der Waals surface area contributed by atoms with Crippen molar-refractivity contribution >= 4 is 5.91 Å². The van der Waals surface area contributed by atoms with Crippen LogP contribution in [-0.4, -0.2) is 53.8 Å². The van der Waals surface area contributed by atoms with Gasteiger partial charge < -0.3 is 14.4 Å². The van der Waals surface area contributed by atoms with E-state index in [1.54, 1.807) is 24.5 Å². The third-order valence-corrected chi connectivity index (χ3v) is 5.66. The summed E-state index contributed by atoms with van der Waals surface area (Å²) in [5.41, 5.74) is 0.520. The number of carbonyl (C=O) groups is 1. The third kappa shape index (κ3) is 3.33. The van der Waals surface area contributed by atoms with Crippen LogP contribution in [0.1, 0.15) is 48.9 Å². The van der Waals surface area contributed by atoms with Gasteiger partial charge in [-0.05, 0) is 37.3 Å². The molecule has 1 aliphatic carbocycles. The summed E-state index contributed by atoms with van der Waals surface area (Å²) in [5, 5.41) is 0. The fraction of sp³-hybridized carbons (Fsp3) is 0.684. The quantitative estimate of drug-likeness (QED) is 0.852. The Morgan fingerprint density at radius 3 is 2.75 bits per heavy atom. The molecule has 0 N–H and O–H groups in total. The van der Waals surface area contributed by atoms with Crippen molar-refractivity contribution in [2.75, 3.05) is 26.3 Å². The Bertz CT molecular complexity index is 565. The van der Waals surface area contributed by atoms with Crippen LogP contribution >= 0.6 is 0 Å². The van der Waals surface area contributed by atoms with Crippen molar-refractivity contribution in [1.29, 1.82) is 0 Å². The van der Waals surface area contributed by atoms with Gasteiger partial charge in [0.2, 0.25) is 0 Å². The number of aromatic nitrogens is 1. The fourth-order valence-corrected chi connectivity index (χ4v) is 4.26. The van der Waals surface area contributed by atoms with Gasteiger partial charge in [0.15, 0.2) is 0 Å². The lowest BCUT2D eigenvalue weighted by molar-refractivity contribution is -0.187. The lowest BCUT2D eigenvalue weighted by atomic mass is 9.84. The molecule has 130 valence electrons. The number of hydrogen-bond donors (Lipinski definition) is 0. The number of carbonyl (C=O) groups excluding carboxylic acids is 1. The highest BCUT2D eigenvalue weighted by atomic mass is 16.5. The van der Waals surface area contributed by atoms with E-state index >= 15 is 0 Å². The summed E-state index contributed by atoms with van der Waals surface area (Å²) in [6.45, 7) is 3.00. The van der Waals surface area contributed by atoms with E-state index < -0.39 is 0 Å². The molecule has 2 aliphatic heterocycles. The molecule has 3 heterocycles. The van der Waals surface area contributed by atoms with Gasteiger partial charge in [0.25, 0.3) is 5.91 Å². The number of nitrogens with zero attached hydrogens (tertiary/aromatic N) is 2. The van der Waals surface area contributed by atoms with Crippen molar-refractivity contribution in [2.45, 2.75) is 50.2 Å². The highest BCUT2D eigenvalue weighted by molar-refractivity contribution is 5.94. The van der Waals surface area contributed by atoms with Crippen LogP contribution in [0, 0.1) is 5.92 Å². The molecule has 5 nitrogen and oxygen atoms in total. The molecule has 3 aliphatic rings. The van der Waals surface area contributed by atoms with Crippen molar-refractivity contribution in [3.05, 3.63) is 30.1 Å². The summed E-state index contributed by atoms with van der Waals surface area (Å²) < 4.78 is 12.2. The zero-order valence-electron chi connectivity index (χ0n) is 14.2. The van der Waals surface area contributed by atoms with Gasteiger partial charge >= 0.3 is 0 Å². The van der Waals surface area contributed by atoms with Crippen molar-refractivity contribution in [2.24, 2.45) is 5.92 Å². The van der Waals surface area contributed by atoms with Gasteiger partial charge in [-0.15, -0.1) is 0 Å². The van der Waals surface area contributed by atoms with E-state index in [1.807, 2.05) is 4.90 Å². The normalized spacial score (nSPS) is 26.5. The van der Waals surface area contributed by atoms with E-state index in [4.69, 9.17) is 9.47 Å². The standard InChI is InChI=1S/C19H26N2O3/c22-18(16-5-8-20-9-6-16)21-13-19(14-21)11-17(7-10-24-19)23-12-15-3-1-2-4-15/h5-6,8-9,15,17H,1-4,7,10-14H2/t17-/m1/s1. The molecular weight excluding hydrogens is 304 g/mol. The van der Waals surface area contributed by atoms with Gasteiger partial charge in [0.05, 0.1) is 19.2 Å². The molecule has 1 amide bonds. The van der Waals surface area contributed by atoms with E-state index in [0.29, 0.717) is 18.7 Å². The molecule has 0 unspecified atom stereocenters. The van der Waals surface area contributed by atoms with Gasteiger partial charge in [-0.25, -0.2) is 0 Å². The number of pyridine rings is 1. The lowest BCUT2D eigenvalue weighted by Crippen LogP contribution is -2.67. The van der Waals surface area contributed by atoms with E-state index in [1.165, 1.54) is 25.7 Å². The minimum Gasteiger partial charge on any atom is -0.378 e. The SMILES string of the molecule is O=C(c1ccncc1)N1CC2(C[C@H](OCC3CCCC3)CCO2)C1. The van der Waals surface area contributed by atoms with E-state index in [2.05, 4.69) is 4.98 Å². The van der Waals surface area contributed by atoms with Crippen LogP contribution in [0.5, 0.6) is 0 Å². The number of rotatable bonds is 4. The predicted octanol–water partition coefficient (Wildman–Crippen LogP) is 2.66. The molecule has 1 saturated carbocycles. The molecule has 0 aromatic carbocycles. The van der Waals surface area contributed by atoms with Crippen LogP contribution in [0.3, 0.4) is 0 Å². The number of hydrogen-bond acceptors (Lipinski definition) is 4. The van der Waals surface area contributed by atoms with Crippen molar-refractivity contribution < 1.29 is 14.3 Å². The maximum atomic E-state index is 12.4. The maximum absolute atomic E-state index is 12.4. The Morgan fingerprint density at radius 2 is 2.00 bits per heavy atom. The average Bonchev–Trinajstić information content (AvgIpc) is 3.12.